The van der Waals surface area contributed by atoms with E-state index in [4.69, 9.17) is 0 Å². The van der Waals surface area contributed by atoms with E-state index < -0.39 is 0 Å². The normalized spacial score (nSPS) is 15.7. The first kappa shape index (κ1) is 26.3. The predicted octanol–water partition coefficient (Wildman–Crippen LogP) is 3.92. The van der Waals surface area contributed by atoms with Crippen molar-refractivity contribution in [1.82, 2.24) is 20.1 Å². The van der Waals surface area contributed by atoms with Crippen LogP contribution in [0.2, 0.25) is 0 Å². The molecule has 0 radical (unpaired) electrons. The topological polar surface area (TPSA) is 85.8 Å². The Morgan fingerprint density at radius 3 is 2.21 bits per heavy atom. The summed E-state index contributed by atoms with van der Waals surface area (Å²) in [6, 6.07) is 31.0. The van der Waals surface area contributed by atoms with E-state index in [-0.39, 0.29) is 30.5 Å². The smallest absolute Gasteiger partial charge is 0.255 e. The summed E-state index contributed by atoms with van der Waals surface area (Å²) < 4.78 is 0. The molecule has 2 amide bonds. The number of benzene rings is 3. The molecule has 1 unspecified atom stereocenters. The van der Waals surface area contributed by atoms with Crippen LogP contribution in [0.15, 0.2) is 109 Å². The maximum Gasteiger partial charge on any atom is 0.255 e. The van der Waals surface area contributed by atoms with Crippen LogP contribution in [0.4, 0.5) is 0 Å². The minimum Gasteiger partial charge on any atom is -0.392 e. The summed E-state index contributed by atoms with van der Waals surface area (Å²) in [5, 5.41) is 12.6. The summed E-state index contributed by atoms with van der Waals surface area (Å²) in [5.41, 5.74) is 4.04. The van der Waals surface area contributed by atoms with Crippen molar-refractivity contribution in [3.63, 3.8) is 0 Å². The Kier molecular flexibility index (Phi) is 8.41. The molecular weight excluding hydrogens is 488 g/mol. The zero-order valence-electron chi connectivity index (χ0n) is 21.7. The Balaban J connectivity index is 1.44. The van der Waals surface area contributed by atoms with E-state index in [2.05, 4.69) is 39.5 Å². The average molecular weight is 521 g/mol. The number of nitrogens with one attached hydrogen (secondary N) is 1. The van der Waals surface area contributed by atoms with Gasteiger partial charge in [-0.15, -0.1) is 0 Å². The number of carbonyl (C=O) groups excluding carboxylic acids is 2. The molecule has 3 aromatic carbocycles. The molecule has 1 fully saturated rings. The zero-order valence-corrected chi connectivity index (χ0v) is 21.7. The number of hydrogen-bond donors (Lipinski definition) is 2. The quantitative estimate of drug-likeness (QED) is 0.368. The van der Waals surface area contributed by atoms with Crippen LogP contribution in [0.25, 0.3) is 0 Å². The first-order valence-electron chi connectivity index (χ1n) is 13.2. The molecule has 1 aromatic heterocycles. The number of rotatable bonds is 8. The molecule has 1 atom stereocenters. The average Bonchev–Trinajstić information content (AvgIpc) is 3.01. The third-order valence-electron chi connectivity index (χ3n) is 7.16. The van der Waals surface area contributed by atoms with Crippen molar-refractivity contribution in [1.29, 1.82) is 0 Å². The third kappa shape index (κ3) is 6.22. The van der Waals surface area contributed by atoms with Gasteiger partial charge in [0.05, 0.1) is 18.2 Å². The molecule has 198 valence electrons. The van der Waals surface area contributed by atoms with Gasteiger partial charge in [0.15, 0.2) is 0 Å². The standard InChI is InChI=1S/C32H32N4O3/c37-23-24-9-7-14-27(19-24)31(38)34-21-29-22-35(32(39)28-15-8-16-33-20-28)17-18-36(29)30(25-10-3-1-4-11-25)26-12-5-2-6-13-26/h1-16,19-20,29-30,37H,17-18,21-23H2,(H,34,38). The van der Waals surface area contributed by atoms with Crippen LogP contribution in [0.3, 0.4) is 0 Å². The van der Waals surface area contributed by atoms with Gasteiger partial charge in [0.2, 0.25) is 0 Å². The van der Waals surface area contributed by atoms with Crippen LogP contribution in [0.5, 0.6) is 0 Å². The molecule has 0 bridgehead atoms. The number of pyridine rings is 1. The van der Waals surface area contributed by atoms with Crippen LogP contribution in [-0.4, -0.2) is 63.9 Å². The maximum absolute atomic E-state index is 13.3. The molecular formula is C32H32N4O3. The molecule has 1 aliphatic heterocycles. The number of nitrogens with zero attached hydrogens (tertiary/aromatic N) is 3. The zero-order chi connectivity index (χ0) is 27.0. The lowest BCUT2D eigenvalue weighted by molar-refractivity contribution is 0.0382. The van der Waals surface area contributed by atoms with Crippen LogP contribution in [0.1, 0.15) is 43.4 Å². The second-order valence-corrected chi connectivity index (χ2v) is 9.68. The molecule has 0 aliphatic carbocycles. The molecule has 7 heteroatoms. The molecule has 2 N–H and O–H groups in total. The summed E-state index contributed by atoms with van der Waals surface area (Å²) in [5.74, 6) is -0.275. The summed E-state index contributed by atoms with van der Waals surface area (Å²) in [7, 11) is 0. The number of aromatic nitrogens is 1. The van der Waals surface area contributed by atoms with Crippen LogP contribution < -0.4 is 5.32 Å². The highest BCUT2D eigenvalue weighted by Gasteiger charge is 2.35. The van der Waals surface area contributed by atoms with Gasteiger partial charge in [0.25, 0.3) is 11.8 Å². The number of piperazine rings is 1. The summed E-state index contributed by atoms with van der Waals surface area (Å²) in [6.45, 7) is 1.89. The molecule has 0 spiro atoms. The van der Waals surface area contributed by atoms with Crippen molar-refractivity contribution in [3.05, 3.63) is 137 Å². The lowest BCUT2D eigenvalue weighted by Gasteiger charge is -2.45. The fourth-order valence-corrected chi connectivity index (χ4v) is 5.22. The molecule has 2 heterocycles. The first-order chi connectivity index (χ1) is 19.1. The number of carbonyl (C=O) groups is 2. The van der Waals surface area contributed by atoms with Gasteiger partial charge < -0.3 is 15.3 Å². The Labute approximate surface area is 228 Å². The summed E-state index contributed by atoms with van der Waals surface area (Å²) >= 11 is 0. The van der Waals surface area contributed by atoms with Crippen molar-refractivity contribution in [2.75, 3.05) is 26.2 Å². The van der Waals surface area contributed by atoms with Crippen LogP contribution in [-0.2, 0) is 6.61 Å². The van der Waals surface area contributed by atoms with Crippen molar-refractivity contribution in [2.24, 2.45) is 0 Å². The van der Waals surface area contributed by atoms with Gasteiger partial charge in [0.1, 0.15) is 0 Å². The lowest BCUT2D eigenvalue weighted by Crippen LogP contribution is -2.59. The monoisotopic (exact) mass is 520 g/mol. The SMILES string of the molecule is O=C(NCC1CN(C(=O)c2cccnc2)CCN1C(c1ccccc1)c1ccccc1)c1cccc(CO)c1. The van der Waals surface area contributed by atoms with Crippen molar-refractivity contribution in [2.45, 2.75) is 18.7 Å². The van der Waals surface area contributed by atoms with E-state index >= 15 is 0 Å². The van der Waals surface area contributed by atoms with Gasteiger partial charge in [-0.3, -0.25) is 19.5 Å². The second-order valence-electron chi connectivity index (χ2n) is 9.68. The van der Waals surface area contributed by atoms with Crippen LogP contribution >= 0.6 is 0 Å². The van der Waals surface area contributed by atoms with E-state index in [9.17, 15) is 14.7 Å². The van der Waals surface area contributed by atoms with Crippen molar-refractivity contribution < 1.29 is 14.7 Å². The van der Waals surface area contributed by atoms with Gasteiger partial charge in [-0.2, -0.15) is 0 Å². The van der Waals surface area contributed by atoms with Gasteiger partial charge in [-0.1, -0.05) is 72.8 Å². The van der Waals surface area contributed by atoms with E-state index in [0.717, 1.165) is 11.1 Å². The van der Waals surface area contributed by atoms with E-state index in [0.29, 0.717) is 42.9 Å². The van der Waals surface area contributed by atoms with Gasteiger partial charge in [-0.25, -0.2) is 0 Å². The molecule has 1 aliphatic rings. The molecule has 4 aromatic rings. The van der Waals surface area contributed by atoms with Crippen molar-refractivity contribution >= 4 is 11.8 Å². The Hall–Kier alpha value is -4.33. The summed E-state index contributed by atoms with van der Waals surface area (Å²) in [4.78, 5) is 34.8. The molecule has 5 rings (SSSR count). The number of hydrogen-bond acceptors (Lipinski definition) is 5. The summed E-state index contributed by atoms with van der Waals surface area (Å²) in [6.07, 6.45) is 3.25. The largest absolute Gasteiger partial charge is 0.392 e. The van der Waals surface area contributed by atoms with E-state index in [1.165, 1.54) is 0 Å². The molecule has 39 heavy (non-hydrogen) atoms. The maximum atomic E-state index is 13.3. The van der Waals surface area contributed by atoms with E-state index in [1.807, 2.05) is 41.3 Å². The Morgan fingerprint density at radius 2 is 1.56 bits per heavy atom. The molecule has 0 saturated carbocycles. The highest BCUT2D eigenvalue weighted by atomic mass is 16.3. The number of aliphatic hydroxyl groups excluding tert-OH is 1. The second kappa shape index (κ2) is 12.5. The van der Waals surface area contributed by atoms with Gasteiger partial charge in [0, 0.05) is 50.2 Å². The fourth-order valence-electron chi connectivity index (χ4n) is 5.22. The highest BCUT2D eigenvalue weighted by molar-refractivity contribution is 5.95. The Bertz CT molecular complexity index is 1340. The van der Waals surface area contributed by atoms with Crippen LogP contribution in [0, 0.1) is 0 Å². The predicted molar refractivity (Wildman–Crippen MR) is 150 cm³/mol. The molecule has 1 saturated heterocycles. The molecule has 7 nitrogen and oxygen atoms in total. The van der Waals surface area contributed by atoms with E-state index in [1.54, 1.807) is 48.8 Å². The number of aliphatic hydroxyl groups is 1. The fraction of sp³-hybridized carbons (Fsp3) is 0.219. The Morgan fingerprint density at radius 1 is 0.872 bits per heavy atom. The minimum absolute atomic E-state index is 0.0392. The van der Waals surface area contributed by atoms with Gasteiger partial charge in [-0.05, 0) is 41.0 Å². The minimum atomic E-state index is -0.211. The van der Waals surface area contributed by atoms with Crippen molar-refractivity contribution in [3.8, 4) is 0 Å². The third-order valence-corrected chi connectivity index (χ3v) is 7.16. The lowest BCUT2D eigenvalue weighted by atomic mass is 9.94. The first-order valence-corrected chi connectivity index (χ1v) is 13.2. The highest BCUT2D eigenvalue weighted by Crippen LogP contribution is 2.32. The number of amides is 2. The van der Waals surface area contributed by atoms with Gasteiger partial charge >= 0.3 is 0 Å².